The number of aromatic nitrogens is 2. The van der Waals surface area contributed by atoms with Gasteiger partial charge in [0.25, 0.3) is 0 Å². The molecule has 0 unspecified atom stereocenters. The van der Waals surface area contributed by atoms with Gasteiger partial charge in [-0.1, -0.05) is 0 Å². The average Bonchev–Trinajstić information content (AvgIpc) is 2.47. The molecule has 1 rings (SSSR count). The molecule has 5 heteroatoms. The minimum atomic E-state index is 0.664. The zero-order valence-electron chi connectivity index (χ0n) is 7.28. The molecule has 0 radical (unpaired) electrons. The molecule has 5 nitrogen and oxygen atoms in total. The number of nitrogens with two attached hydrogens (primary N) is 1. The molecule has 0 aliphatic heterocycles. The number of aryl methyl sites for hydroxylation is 1. The van der Waals surface area contributed by atoms with Crippen LogP contribution in [-0.2, 0) is 7.05 Å². The first-order chi connectivity index (χ1) is 5.79. The highest BCUT2D eigenvalue weighted by Gasteiger charge is 2.03. The number of nitrogens with zero attached hydrogens (tertiary/aromatic N) is 3. The molecule has 1 aromatic heterocycles. The maximum atomic E-state index is 5.30. The Morgan fingerprint density at radius 3 is 3.00 bits per heavy atom. The van der Waals surface area contributed by atoms with Gasteiger partial charge in [0.05, 0.1) is 12.5 Å². The van der Waals surface area contributed by atoms with Gasteiger partial charge in [0.15, 0.2) is 5.84 Å². The molecular weight excluding hydrogens is 154 g/mol. The van der Waals surface area contributed by atoms with Crippen LogP contribution in [0.25, 0.3) is 0 Å². The maximum Gasteiger partial charge on any atom is 0.161 e. The van der Waals surface area contributed by atoms with E-state index in [1.807, 2.05) is 18.5 Å². The second kappa shape index (κ2) is 3.87. The van der Waals surface area contributed by atoms with Gasteiger partial charge in [0.2, 0.25) is 0 Å². The molecule has 0 aliphatic carbocycles. The van der Waals surface area contributed by atoms with E-state index in [9.17, 15) is 0 Å². The number of hydrazine groups is 1. The quantitative estimate of drug-likeness (QED) is 0.274. The third kappa shape index (κ3) is 1.62. The highest BCUT2D eigenvalue weighted by molar-refractivity contribution is 5.96. The Balaban J connectivity index is 2.95. The van der Waals surface area contributed by atoms with Gasteiger partial charge in [-0.15, -0.1) is 0 Å². The van der Waals surface area contributed by atoms with Crippen LogP contribution in [0.4, 0.5) is 0 Å². The van der Waals surface area contributed by atoms with Crippen molar-refractivity contribution in [1.29, 1.82) is 0 Å². The largest absolute Gasteiger partial charge is 0.331 e. The standard InChI is InChI=1S/C7H13N5/c1-3-10-7(11-8)6-4-9-5-12(6)2/h4-5H,3,8H2,1-2H3,(H,10,11). The van der Waals surface area contributed by atoms with Crippen LogP contribution >= 0.6 is 0 Å². The zero-order chi connectivity index (χ0) is 8.97. The predicted molar refractivity (Wildman–Crippen MR) is 47.6 cm³/mol. The van der Waals surface area contributed by atoms with Gasteiger partial charge in [-0.2, -0.15) is 0 Å². The summed E-state index contributed by atoms with van der Waals surface area (Å²) in [6, 6.07) is 0. The number of nitrogens with one attached hydrogen (secondary N) is 1. The van der Waals surface area contributed by atoms with E-state index in [1.54, 1.807) is 12.5 Å². The van der Waals surface area contributed by atoms with Crippen molar-refractivity contribution >= 4 is 5.84 Å². The van der Waals surface area contributed by atoms with Gasteiger partial charge in [0.1, 0.15) is 5.69 Å². The predicted octanol–water partition coefficient (Wildman–Crippen LogP) is -0.350. The fraction of sp³-hybridized carbons (Fsp3) is 0.429. The number of hydrogen-bond acceptors (Lipinski definition) is 3. The second-order valence-electron chi connectivity index (χ2n) is 2.36. The first kappa shape index (κ1) is 8.73. The van der Waals surface area contributed by atoms with Gasteiger partial charge >= 0.3 is 0 Å². The Bertz CT molecular complexity index is 275. The van der Waals surface area contributed by atoms with Crippen molar-refractivity contribution in [3.63, 3.8) is 0 Å². The van der Waals surface area contributed by atoms with Gasteiger partial charge in [-0.3, -0.25) is 4.99 Å². The lowest BCUT2D eigenvalue weighted by molar-refractivity contribution is 0.879. The number of imidazole rings is 1. The Kier molecular flexibility index (Phi) is 2.82. The van der Waals surface area contributed by atoms with Crippen LogP contribution < -0.4 is 11.3 Å². The fourth-order valence-electron chi connectivity index (χ4n) is 0.944. The van der Waals surface area contributed by atoms with Crippen molar-refractivity contribution in [1.82, 2.24) is 15.0 Å². The molecule has 66 valence electrons. The molecule has 0 saturated carbocycles. The maximum absolute atomic E-state index is 5.30. The van der Waals surface area contributed by atoms with E-state index >= 15 is 0 Å². The summed E-state index contributed by atoms with van der Waals surface area (Å²) in [5, 5.41) is 0. The molecular formula is C7H13N5. The summed E-state index contributed by atoms with van der Waals surface area (Å²) in [7, 11) is 1.89. The SMILES string of the molecule is CCN=C(NN)c1cncn1C. The zero-order valence-corrected chi connectivity index (χ0v) is 7.28. The van der Waals surface area contributed by atoms with Crippen molar-refractivity contribution in [3.05, 3.63) is 18.2 Å². The molecule has 0 aliphatic rings. The van der Waals surface area contributed by atoms with Crippen LogP contribution in [0.2, 0.25) is 0 Å². The van der Waals surface area contributed by atoms with Gasteiger partial charge < -0.3 is 9.99 Å². The monoisotopic (exact) mass is 167 g/mol. The first-order valence-electron chi connectivity index (χ1n) is 3.77. The van der Waals surface area contributed by atoms with Crippen molar-refractivity contribution in [2.75, 3.05) is 6.54 Å². The van der Waals surface area contributed by atoms with Gasteiger partial charge in [0, 0.05) is 13.6 Å². The summed E-state index contributed by atoms with van der Waals surface area (Å²) in [5.74, 6) is 5.96. The average molecular weight is 167 g/mol. The van der Waals surface area contributed by atoms with Crippen LogP contribution in [0.5, 0.6) is 0 Å². The molecule has 0 saturated heterocycles. The molecule has 0 fully saturated rings. The lowest BCUT2D eigenvalue weighted by Crippen LogP contribution is -2.32. The number of hydrogen-bond donors (Lipinski definition) is 2. The third-order valence-electron chi connectivity index (χ3n) is 1.51. The smallest absolute Gasteiger partial charge is 0.161 e. The molecule has 0 atom stereocenters. The molecule has 0 spiro atoms. The lowest BCUT2D eigenvalue weighted by atomic mass is 10.4. The van der Waals surface area contributed by atoms with E-state index < -0.39 is 0 Å². The fourth-order valence-corrected chi connectivity index (χ4v) is 0.944. The summed E-state index contributed by atoms with van der Waals surface area (Å²) < 4.78 is 1.86. The topological polar surface area (TPSA) is 68.2 Å². The molecule has 1 heterocycles. The second-order valence-corrected chi connectivity index (χ2v) is 2.36. The van der Waals surface area contributed by atoms with Crippen molar-refractivity contribution in [2.24, 2.45) is 17.9 Å². The van der Waals surface area contributed by atoms with Crippen LogP contribution in [-0.4, -0.2) is 21.9 Å². The van der Waals surface area contributed by atoms with Crippen LogP contribution in [0.15, 0.2) is 17.5 Å². The highest BCUT2D eigenvalue weighted by atomic mass is 15.3. The van der Waals surface area contributed by atoms with E-state index in [4.69, 9.17) is 5.84 Å². The van der Waals surface area contributed by atoms with Gasteiger partial charge in [-0.05, 0) is 6.92 Å². The Morgan fingerprint density at radius 2 is 2.58 bits per heavy atom. The van der Waals surface area contributed by atoms with Crippen LogP contribution in [0, 0.1) is 0 Å². The Morgan fingerprint density at radius 1 is 1.83 bits per heavy atom. The molecule has 12 heavy (non-hydrogen) atoms. The summed E-state index contributed by atoms with van der Waals surface area (Å²) in [6.07, 6.45) is 3.42. The highest BCUT2D eigenvalue weighted by Crippen LogP contribution is 1.96. The van der Waals surface area contributed by atoms with E-state index in [0.29, 0.717) is 12.4 Å². The number of rotatable bonds is 2. The first-order valence-corrected chi connectivity index (χ1v) is 3.77. The van der Waals surface area contributed by atoms with E-state index in [2.05, 4.69) is 15.4 Å². The van der Waals surface area contributed by atoms with E-state index in [0.717, 1.165) is 5.69 Å². The minimum absolute atomic E-state index is 0.664. The van der Waals surface area contributed by atoms with Crippen molar-refractivity contribution < 1.29 is 0 Å². The summed E-state index contributed by atoms with van der Waals surface area (Å²) in [5.41, 5.74) is 3.42. The molecule has 0 aromatic carbocycles. The minimum Gasteiger partial charge on any atom is -0.331 e. The molecule has 0 amide bonds. The normalized spacial score (nSPS) is 11.8. The van der Waals surface area contributed by atoms with Crippen LogP contribution in [0.3, 0.4) is 0 Å². The molecule has 3 N–H and O–H groups in total. The van der Waals surface area contributed by atoms with E-state index in [1.165, 1.54) is 0 Å². The van der Waals surface area contributed by atoms with Gasteiger partial charge in [-0.25, -0.2) is 10.8 Å². The third-order valence-corrected chi connectivity index (χ3v) is 1.51. The lowest BCUT2D eigenvalue weighted by Gasteiger charge is -2.04. The Labute approximate surface area is 71.3 Å². The molecule has 1 aromatic rings. The Hall–Kier alpha value is -1.36. The van der Waals surface area contributed by atoms with E-state index in [-0.39, 0.29) is 0 Å². The summed E-state index contributed by atoms with van der Waals surface area (Å²) >= 11 is 0. The molecule has 0 bridgehead atoms. The van der Waals surface area contributed by atoms with Crippen LogP contribution in [0.1, 0.15) is 12.6 Å². The van der Waals surface area contributed by atoms with Crippen molar-refractivity contribution in [3.8, 4) is 0 Å². The number of amidine groups is 1. The van der Waals surface area contributed by atoms with Crippen molar-refractivity contribution in [2.45, 2.75) is 6.92 Å². The summed E-state index contributed by atoms with van der Waals surface area (Å²) in [6.45, 7) is 2.65. The summed E-state index contributed by atoms with van der Waals surface area (Å²) in [4.78, 5) is 8.13. The number of aliphatic imine (C=N–C) groups is 1.